The summed E-state index contributed by atoms with van der Waals surface area (Å²) in [5.41, 5.74) is 7.56. The zero-order valence-electron chi connectivity index (χ0n) is 12.4. The van der Waals surface area contributed by atoms with Crippen LogP contribution in [0.3, 0.4) is 0 Å². The molecule has 3 nitrogen and oxygen atoms in total. The molecular formula is C16H26N2O. The van der Waals surface area contributed by atoms with Gasteiger partial charge in [-0.3, -0.25) is 4.90 Å². The smallest absolute Gasteiger partial charge is 0.118 e. The van der Waals surface area contributed by atoms with Gasteiger partial charge in [0.1, 0.15) is 5.75 Å². The largest absolute Gasteiger partial charge is 0.497 e. The number of benzene rings is 1. The molecule has 2 rings (SSSR count). The van der Waals surface area contributed by atoms with Crippen molar-refractivity contribution in [3.8, 4) is 5.75 Å². The second-order valence-corrected chi connectivity index (χ2v) is 6.08. The minimum absolute atomic E-state index is 0.261. The van der Waals surface area contributed by atoms with Crippen LogP contribution in [0.4, 0.5) is 0 Å². The first-order chi connectivity index (χ1) is 9.01. The fraction of sp³-hybridized carbons (Fsp3) is 0.625. The number of nitrogens with zero attached hydrogens (tertiary/aromatic N) is 1. The number of piperidine rings is 1. The molecule has 2 N–H and O–H groups in total. The zero-order valence-corrected chi connectivity index (χ0v) is 12.4. The van der Waals surface area contributed by atoms with Gasteiger partial charge in [0.25, 0.3) is 0 Å². The van der Waals surface area contributed by atoms with Gasteiger partial charge in [-0.25, -0.2) is 0 Å². The molecule has 0 amide bonds. The second-order valence-electron chi connectivity index (χ2n) is 6.08. The van der Waals surface area contributed by atoms with Gasteiger partial charge in [0.15, 0.2) is 0 Å². The van der Waals surface area contributed by atoms with E-state index in [9.17, 15) is 0 Å². The molecule has 1 saturated heterocycles. The molecule has 0 aromatic heterocycles. The lowest BCUT2D eigenvalue weighted by atomic mass is 9.94. The van der Waals surface area contributed by atoms with Crippen LogP contribution < -0.4 is 10.5 Å². The standard InChI is InChI=1S/C16H26N2O/c1-13-5-4-10-18(12-13)16(2,17)11-14-6-8-15(19-3)9-7-14/h6-9,13H,4-5,10-12,17H2,1-3H3. The van der Waals surface area contributed by atoms with Gasteiger partial charge in [0, 0.05) is 13.0 Å². The average molecular weight is 262 g/mol. The van der Waals surface area contributed by atoms with E-state index in [1.807, 2.05) is 12.1 Å². The number of hydrogen-bond donors (Lipinski definition) is 1. The van der Waals surface area contributed by atoms with Crippen LogP contribution in [0.5, 0.6) is 5.75 Å². The van der Waals surface area contributed by atoms with Crippen molar-refractivity contribution in [2.75, 3.05) is 20.2 Å². The Hall–Kier alpha value is -1.06. The van der Waals surface area contributed by atoms with Crippen molar-refractivity contribution in [2.24, 2.45) is 11.7 Å². The van der Waals surface area contributed by atoms with Gasteiger partial charge in [-0.1, -0.05) is 19.1 Å². The molecule has 0 saturated carbocycles. The number of rotatable bonds is 4. The molecule has 2 atom stereocenters. The Balaban J connectivity index is 2.02. The van der Waals surface area contributed by atoms with Crippen molar-refractivity contribution in [1.29, 1.82) is 0 Å². The molecule has 2 unspecified atom stereocenters. The highest BCUT2D eigenvalue weighted by molar-refractivity contribution is 5.28. The highest BCUT2D eigenvalue weighted by atomic mass is 16.5. The summed E-state index contributed by atoms with van der Waals surface area (Å²) in [5.74, 6) is 1.65. The van der Waals surface area contributed by atoms with Gasteiger partial charge in [0.2, 0.25) is 0 Å². The first kappa shape index (κ1) is 14.4. The number of nitrogens with two attached hydrogens (primary N) is 1. The first-order valence-corrected chi connectivity index (χ1v) is 7.18. The van der Waals surface area contributed by atoms with E-state index in [2.05, 4.69) is 30.9 Å². The Morgan fingerprint density at radius 1 is 1.37 bits per heavy atom. The summed E-state index contributed by atoms with van der Waals surface area (Å²) in [7, 11) is 1.69. The highest BCUT2D eigenvalue weighted by Crippen LogP contribution is 2.24. The van der Waals surface area contributed by atoms with Gasteiger partial charge in [-0.2, -0.15) is 0 Å². The van der Waals surface area contributed by atoms with E-state index in [0.717, 1.165) is 31.2 Å². The Bertz CT molecular complexity index is 400. The lowest BCUT2D eigenvalue weighted by Gasteiger charge is -2.42. The summed E-state index contributed by atoms with van der Waals surface area (Å²) in [6, 6.07) is 8.23. The maximum Gasteiger partial charge on any atom is 0.118 e. The highest BCUT2D eigenvalue weighted by Gasteiger charge is 2.30. The predicted octanol–water partition coefficient (Wildman–Crippen LogP) is 2.64. The van der Waals surface area contributed by atoms with Crippen LogP contribution in [0.1, 0.15) is 32.3 Å². The Morgan fingerprint density at radius 3 is 2.63 bits per heavy atom. The topological polar surface area (TPSA) is 38.5 Å². The van der Waals surface area contributed by atoms with E-state index in [-0.39, 0.29) is 5.66 Å². The second kappa shape index (κ2) is 5.93. The van der Waals surface area contributed by atoms with Crippen LogP contribution in [-0.2, 0) is 6.42 Å². The lowest BCUT2D eigenvalue weighted by Crippen LogP contribution is -2.58. The molecule has 19 heavy (non-hydrogen) atoms. The lowest BCUT2D eigenvalue weighted by molar-refractivity contribution is 0.0627. The Labute approximate surface area is 116 Å². The SMILES string of the molecule is COc1ccc(CC(C)(N)N2CCCC(C)C2)cc1. The molecule has 1 aliphatic heterocycles. The predicted molar refractivity (Wildman–Crippen MR) is 79.3 cm³/mol. The number of likely N-dealkylation sites (tertiary alicyclic amines) is 1. The van der Waals surface area contributed by atoms with Crippen LogP contribution >= 0.6 is 0 Å². The van der Waals surface area contributed by atoms with Gasteiger partial charge < -0.3 is 10.5 Å². The molecular weight excluding hydrogens is 236 g/mol. The number of methoxy groups -OCH3 is 1. The third kappa shape index (κ3) is 3.71. The molecule has 106 valence electrons. The third-order valence-electron chi connectivity index (χ3n) is 4.10. The van der Waals surface area contributed by atoms with Gasteiger partial charge in [0.05, 0.1) is 12.8 Å². The molecule has 0 bridgehead atoms. The minimum atomic E-state index is -0.261. The first-order valence-electron chi connectivity index (χ1n) is 7.18. The third-order valence-corrected chi connectivity index (χ3v) is 4.10. The normalized spacial score (nSPS) is 23.9. The van der Waals surface area contributed by atoms with Crippen LogP contribution in [0, 0.1) is 5.92 Å². The van der Waals surface area contributed by atoms with E-state index in [0.29, 0.717) is 0 Å². The van der Waals surface area contributed by atoms with Crippen molar-refractivity contribution < 1.29 is 4.74 Å². The zero-order chi connectivity index (χ0) is 13.9. The number of ether oxygens (including phenoxy) is 1. The van der Waals surface area contributed by atoms with Crippen LogP contribution in [0.2, 0.25) is 0 Å². The summed E-state index contributed by atoms with van der Waals surface area (Å²) in [4.78, 5) is 2.44. The van der Waals surface area contributed by atoms with Gasteiger partial charge >= 0.3 is 0 Å². The van der Waals surface area contributed by atoms with E-state index < -0.39 is 0 Å². The van der Waals surface area contributed by atoms with Crippen molar-refractivity contribution in [1.82, 2.24) is 4.90 Å². The summed E-state index contributed by atoms with van der Waals surface area (Å²) in [6.45, 7) is 6.70. The maximum atomic E-state index is 6.55. The van der Waals surface area contributed by atoms with Gasteiger partial charge in [-0.05, 0) is 49.9 Å². The number of hydrogen-bond acceptors (Lipinski definition) is 3. The van der Waals surface area contributed by atoms with E-state index in [1.54, 1.807) is 7.11 Å². The monoisotopic (exact) mass is 262 g/mol. The van der Waals surface area contributed by atoms with Gasteiger partial charge in [-0.15, -0.1) is 0 Å². The maximum absolute atomic E-state index is 6.55. The Morgan fingerprint density at radius 2 is 2.05 bits per heavy atom. The molecule has 1 aromatic carbocycles. The van der Waals surface area contributed by atoms with E-state index in [1.165, 1.54) is 18.4 Å². The summed E-state index contributed by atoms with van der Waals surface area (Å²) >= 11 is 0. The van der Waals surface area contributed by atoms with Crippen LogP contribution in [0.15, 0.2) is 24.3 Å². The van der Waals surface area contributed by atoms with E-state index in [4.69, 9.17) is 10.5 Å². The molecule has 1 aromatic rings. The van der Waals surface area contributed by atoms with Crippen molar-refractivity contribution in [3.63, 3.8) is 0 Å². The fourth-order valence-corrected chi connectivity index (χ4v) is 2.92. The molecule has 1 aliphatic rings. The molecule has 1 fully saturated rings. The Kier molecular flexibility index (Phi) is 4.48. The van der Waals surface area contributed by atoms with Crippen molar-refractivity contribution in [2.45, 2.75) is 38.8 Å². The van der Waals surface area contributed by atoms with Crippen molar-refractivity contribution in [3.05, 3.63) is 29.8 Å². The molecule has 3 heteroatoms. The van der Waals surface area contributed by atoms with Crippen molar-refractivity contribution >= 4 is 0 Å². The molecule has 0 aliphatic carbocycles. The molecule has 0 spiro atoms. The summed E-state index contributed by atoms with van der Waals surface area (Å²) in [5, 5.41) is 0. The van der Waals surface area contributed by atoms with Crippen LogP contribution in [0.25, 0.3) is 0 Å². The average Bonchev–Trinajstić information content (AvgIpc) is 2.39. The van der Waals surface area contributed by atoms with Crippen LogP contribution in [-0.4, -0.2) is 30.8 Å². The van der Waals surface area contributed by atoms with E-state index >= 15 is 0 Å². The quantitative estimate of drug-likeness (QED) is 0.906. The summed E-state index contributed by atoms with van der Waals surface area (Å²) < 4.78 is 5.19. The molecule has 1 heterocycles. The molecule has 0 radical (unpaired) electrons. The minimum Gasteiger partial charge on any atom is -0.497 e. The summed E-state index contributed by atoms with van der Waals surface area (Å²) in [6.07, 6.45) is 3.47. The fourth-order valence-electron chi connectivity index (χ4n) is 2.92.